The third kappa shape index (κ3) is 3.81. The van der Waals surface area contributed by atoms with Gasteiger partial charge in [-0.2, -0.15) is 24.5 Å². The number of alkyl halides is 3. The Kier molecular flexibility index (Phi) is 4.27. The summed E-state index contributed by atoms with van der Waals surface area (Å²) in [5.74, 6) is 0. The van der Waals surface area contributed by atoms with Crippen molar-refractivity contribution in [3.8, 4) is 0 Å². The minimum atomic E-state index is -4.28. The second kappa shape index (κ2) is 5.75. The molecule has 1 heterocycles. The fraction of sp³-hybridized carbons (Fsp3) is 0.286. The van der Waals surface area contributed by atoms with Gasteiger partial charge in [-0.05, 0) is 40.9 Å². The molecule has 0 saturated heterocycles. The molecule has 0 radical (unpaired) electrons. The molecule has 1 N–H and O–H groups in total. The van der Waals surface area contributed by atoms with Crippen LogP contribution in [0.15, 0.2) is 41.1 Å². The lowest BCUT2D eigenvalue weighted by molar-refractivity contribution is -0.137. The van der Waals surface area contributed by atoms with Crippen molar-refractivity contribution >= 4 is 11.3 Å². The maximum Gasteiger partial charge on any atom is 0.416 e. The van der Waals surface area contributed by atoms with Crippen molar-refractivity contribution in [1.82, 2.24) is 5.32 Å². The van der Waals surface area contributed by atoms with Gasteiger partial charge in [-0.3, -0.25) is 0 Å². The molecule has 0 amide bonds. The van der Waals surface area contributed by atoms with Crippen LogP contribution in [0.2, 0.25) is 0 Å². The normalized spacial score (nSPS) is 13.5. The van der Waals surface area contributed by atoms with Gasteiger partial charge in [0, 0.05) is 12.6 Å². The Morgan fingerprint density at radius 2 is 2.05 bits per heavy atom. The van der Waals surface area contributed by atoms with Crippen LogP contribution in [0.4, 0.5) is 13.2 Å². The molecule has 1 aromatic heterocycles. The molecule has 0 spiro atoms. The molecule has 102 valence electrons. The molecule has 1 unspecified atom stereocenters. The van der Waals surface area contributed by atoms with Crippen molar-refractivity contribution in [3.05, 3.63) is 57.8 Å². The van der Waals surface area contributed by atoms with E-state index in [9.17, 15) is 13.2 Å². The third-order valence-corrected chi connectivity index (χ3v) is 3.61. The lowest BCUT2D eigenvalue weighted by atomic mass is 10.1. The highest BCUT2D eigenvalue weighted by atomic mass is 32.1. The number of halogens is 3. The molecule has 0 saturated carbocycles. The van der Waals surface area contributed by atoms with Crippen LogP contribution in [-0.4, -0.2) is 0 Å². The average Bonchev–Trinajstić information content (AvgIpc) is 2.89. The zero-order valence-electron chi connectivity index (χ0n) is 10.4. The van der Waals surface area contributed by atoms with E-state index in [1.807, 2.05) is 23.8 Å². The van der Waals surface area contributed by atoms with Crippen LogP contribution in [-0.2, 0) is 12.7 Å². The Morgan fingerprint density at radius 1 is 1.26 bits per heavy atom. The first-order valence-corrected chi connectivity index (χ1v) is 6.83. The Labute approximate surface area is 114 Å². The summed E-state index contributed by atoms with van der Waals surface area (Å²) in [6.07, 6.45) is -4.28. The van der Waals surface area contributed by atoms with E-state index in [0.717, 1.165) is 11.6 Å². The maximum absolute atomic E-state index is 12.6. The molecular formula is C14H14F3NS. The van der Waals surface area contributed by atoms with E-state index in [1.165, 1.54) is 12.1 Å². The Hall–Kier alpha value is -1.33. The summed E-state index contributed by atoms with van der Waals surface area (Å²) in [5, 5.41) is 7.23. The summed E-state index contributed by atoms with van der Waals surface area (Å²) in [5.41, 5.74) is 1.18. The predicted octanol–water partition coefficient (Wildman–Crippen LogP) is 4.62. The van der Waals surface area contributed by atoms with Crippen molar-refractivity contribution in [3.63, 3.8) is 0 Å². The Morgan fingerprint density at radius 3 is 2.68 bits per heavy atom. The lowest BCUT2D eigenvalue weighted by Crippen LogP contribution is -2.18. The van der Waals surface area contributed by atoms with Crippen LogP contribution in [0, 0.1) is 0 Å². The molecule has 19 heavy (non-hydrogen) atoms. The maximum atomic E-state index is 12.6. The molecule has 0 fully saturated rings. The van der Waals surface area contributed by atoms with Crippen molar-refractivity contribution < 1.29 is 13.2 Å². The third-order valence-electron chi connectivity index (χ3n) is 2.91. The van der Waals surface area contributed by atoms with Crippen LogP contribution >= 0.6 is 11.3 Å². The largest absolute Gasteiger partial charge is 0.416 e. The topological polar surface area (TPSA) is 12.0 Å². The minimum absolute atomic E-state index is 0.126. The molecule has 2 aromatic rings. The van der Waals surface area contributed by atoms with Gasteiger partial charge in [-0.25, -0.2) is 0 Å². The van der Waals surface area contributed by atoms with E-state index >= 15 is 0 Å². The van der Waals surface area contributed by atoms with Crippen LogP contribution in [0.3, 0.4) is 0 Å². The summed E-state index contributed by atoms with van der Waals surface area (Å²) in [4.78, 5) is 0. The summed E-state index contributed by atoms with van der Waals surface area (Å²) >= 11 is 1.61. The van der Waals surface area contributed by atoms with E-state index in [0.29, 0.717) is 12.1 Å². The number of hydrogen-bond donors (Lipinski definition) is 1. The number of hydrogen-bond acceptors (Lipinski definition) is 2. The van der Waals surface area contributed by atoms with Gasteiger partial charge in [0.15, 0.2) is 0 Å². The van der Waals surface area contributed by atoms with Crippen LogP contribution in [0.25, 0.3) is 0 Å². The SMILES string of the molecule is CC(NCc1cccc(C(F)(F)F)c1)c1ccsc1. The second-order valence-electron chi connectivity index (χ2n) is 4.36. The first kappa shape index (κ1) is 14.1. The van der Waals surface area contributed by atoms with Crippen LogP contribution in [0.1, 0.15) is 29.7 Å². The summed E-state index contributed by atoms with van der Waals surface area (Å²) in [6, 6.07) is 7.55. The van der Waals surface area contributed by atoms with Crippen LogP contribution < -0.4 is 5.32 Å². The molecule has 5 heteroatoms. The van der Waals surface area contributed by atoms with Gasteiger partial charge in [-0.15, -0.1) is 0 Å². The Balaban J connectivity index is 2.00. The number of benzene rings is 1. The Bertz CT molecular complexity index is 520. The van der Waals surface area contributed by atoms with Crippen molar-refractivity contribution in [2.75, 3.05) is 0 Å². The first-order chi connectivity index (χ1) is 8.97. The summed E-state index contributed by atoms with van der Waals surface area (Å²) < 4.78 is 37.7. The van der Waals surface area contributed by atoms with Crippen molar-refractivity contribution in [1.29, 1.82) is 0 Å². The second-order valence-corrected chi connectivity index (χ2v) is 5.14. The fourth-order valence-electron chi connectivity index (χ4n) is 1.77. The summed E-state index contributed by atoms with van der Waals surface area (Å²) in [6.45, 7) is 2.41. The highest BCUT2D eigenvalue weighted by molar-refractivity contribution is 7.07. The smallest absolute Gasteiger partial charge is 0.306 e. The molecule has 2 rings (SSSR count). The molecule has 0 aliphatic rings. The van der Waals surface area contributed by atoms with Gasteiger partial charge < -0.3 is 5.32 Å². The van der Waals surface area contributed by atoms with Crippen LogP contribution in [0.5, 0.6) is 0 Å². The minimum Gasteiger partial charge on any atom is -0.306 e. The van der Waals surface area contributed by atoms with E-state index in [1.54, 1.807) is 17.4 Å². The van der Waals surface area contributed by atoms with Gasteiger partial charge in [0.25, 0.3) is 0 Å². The monoisotopic (exact) mass is 285 g/mol. The fourth-order valence-corrected chi connectivity index (χ4v) is 2.52. The molecule has 1 nitrogen and oxygen atoms in total. The van der Waals surface area contributed by atoms with Gasteiger partial charge in [0.1, 0.15) is 0 Å². The number of thiophene rings is 1. The van der Waals surface area contributed by atoms with Gasteiger partial charge in [0.2, 0.25) is 0 Å². The molecule has 1 aromatic carbocycles. The molecule has 0 bridgehead atoms. The highest BCUT2D eigenvalue weighted by Crippen LogP contribution is 2.29. The zero-order valence-corrected chi connectivity index (χ0v) is 11.2. The van der Waals surface area contributed by atoms with E-state index in [4.69, 9.17) is 0 Å². The molecule has 0 aliphatic carbocycles. The standard InChI is InChI=1S/C14H14F3NS/c1-10(12-5-6-19-9-12)18-8-11-3-2-4-13(7-11)14(15,16)17/h2-7,9-10,18H,8H2,1H3. The molecule has 1 atom stereocenters. The van der Waals surface area contributed by atoms with E-state index in [2.05, 4.69) is 5.32 Å². The predicted molar refractivity (Wildman–Crippen MR) is 71.0 cm³/mol. The van der Waals surface area contributed by atoms with Crippen molar-refractivity contribution in [2.45, 2.75) is 25.7 Å². The van der Waals surface area contributed by atoms with Crippen molar-refractivity contribution in [2.24, 2.45) is 0 Å². The number of nitrogens with one attached hydrogen (secondary N) is 1. The van der Waals surface area contributed by atoms with E-state index in [-0.39, 0.29) is 6.04 Å². The molecular weight excluding hydrogens is 271 g/mol. The first-order valence-electron chi connectivity index (χ1n) is 5.88. The zero-order chi connectivity index (χ0) is 13.9. The lowest BCUT2D eigenvalue weighted by Gasteiger charge is -2.13. The van der Waals surface area contributed by atoms with Gasteiger partial charge in [-0.1, -0.05) is 18.2 Å². The van der Waals surface area contributed by atoms with E-state index < -0.39 is 11.7 Å². The van der Waals surface area contributed by atoms with Gasteiger partial charge >= 0.3 is 6.18 Å². The number of rotatable bonds is 4. The molecule has 0 aliphatic heterocycles. The van der Waals surface area contributed by atoms with Gasteiger partial charge in [0.05, 0.1) is 5.56 Å². The highest BCUT2D eigenvalue weighted by Gasteiger charge is 2.30. The average molecular weight is 285 g/mol. The summed E-state index contributed by atoms with van der Waals surface area (Å²) in [7, 11) is 0. The quantitative estimate of drug-likeness (QED) is 0.864.